The van der Waals surface area contributed by atoms with Crippen molar-refractivity contribution in [1.29, 1.82) is 0 Å². The van der Waals surface area contributed by atoms with Gasteiger partial charge >= 0.3 is 0 Å². The number of nitrogens with one attached hydrogen (secondary N) is 1. The average molecular weight is 260 g/mol. The van der Waals surface area contributed by atoms with E-state index in [0.29, 0.717) is 19.5 Å². The molecule has 3 nitrogen and oxygen atoms in total. The number of halogens is 3. The third kappa shape index (κ3) is 3.46. The van der Waals surface area contributed by atoms with E-state index in [9.17, 15) is 18.0 Å². The molecule has 0 fully saturated rings. The fraction of sp³-hybridized carbons (Fsp3) is 0.417. The van der Waals surface area contributed by atoms with E-state index in [1.165, 1.54) is 0 Å². The van der Waals surface area contributed by atoms with E-state index in [1.807, 2.05) is 6.92 Å². The molecule has 100 valence electrons. The minimum absolute atomic E-state index is 0.132. The van der Waals surface area contributed by atoms with Crippen LogP contribution in [0.25, 0.3) is 0 Å². The molecule has 1 unspecified atom stereocenters. The summed E-state index contributed by atoms with van der Waals surface area (Å²) in [4.78, 5) is 11.6. The summed E-state index contributed by atoms with van der Waals surface area (Å²) < 4.78 is 38.9. The number of carbonyl (C=O) groups is 1. The predicted molar refractivity (Wildman–Crippen MR) is 61.5 cm³/mol. The van der Waals surface area contributed by atoms with Crippen LogP contribution in [0.5, 0.6) is 0 Å². The molecule has 0 aliphatic heterocycles. The number of nitrogens with two attached hydrogens (primary N) is 1. The molecule has 0 aliphatic carbocycles. The van der Waals surface area contributed by atoms with Crippen molar-refractivity contribution in [2.45, 2.75) is 13.3 Å². The molecule has 0 aromatic heterocycles. The van der Waals surface area contributed by atoms with Gasteiger partial charge in [-0.15, -0.1) is 0 Å². The second-order valence-corrected chi connectivity index (χ2v) is 4.12. The molecule has 0 spiro atoms. The van der Waals surface area contributed by atoms with Crippen LogP contribution in [0.1, 0.15) is 23.7 Å². The first-order valence-electron chi connectivity index (χ1n) is 5.59. The third-order valence-electron chi connectivity index (χ3n) is 2.55. The van der Waals surface area contributed by atoms with Crippen LogP contribution in [-0.4, -0.2) is 19.0 Å². The van der Waals surface area contributed by atoms with E-state index < -0.39 is 28.9 Å². The summed E-state index contributed by atoms with van der Waals surface area (Å²) in [6, 6.07) is 1.63. The van der Waals surface area contributed by atoms with Crippen molar-refractivity contribution in [2.24, 2.45) is 11.7 Å². The fourth-order valence-corrected chi connectivity index (χ4v) is 1.45. The second-order valence-electron chi connectivity index (χ2n) is 4.12. The van der Waals surface area contributed by atoms with Gasteiger partial charge in [0.2, 0.25) is 0 Å². The van der Waals surface area contributed by atoms with Crippen molar-refractivity contribution >= 4 is 5.91 Å². The lowest BCUT2D eigenvalue weighted by molar-refractivity contribution is 0.0942. The Morgan fingerprint density at radius 3 is 2.61 bits per heavy atom. The zero-order valence-electron chi connectivity index (χ0n) is 9.97. The summed E-state index contributed by atoms with van der Waals surface area (Å²) >= 11 is 0. The molecule has 0 aliphatic rings. The van der Waals surface area contributed by atoms with Crippen LogP contribution in [0.15, 0.2) is 12.1 Å². The normalized spacial score (nSPS) is 12.3. The number of amides is 1. The lowest BCUT2D eigenvalue weighted by Crippen LogP contribution is -2.30. The van der Waals surface area contributed by atoms with Crippen LogP contribution in [0.3, 0.4) is 0 Å². The quantitative estimate of drug-likeness (QED) is 0.793. The van der Waals surface area contributed by atoms with Crippen molar-refractivity contribution in [2.75, 3.05) is 13.1 Å². The highest BCUT2D eigenvalue weighted by molar-refractivity contribution is 5.94. The Hall–Kier alpha value is -1.56. The predicted octanol–water partition coefficient (Wildman–Crippen LogP) is 1.82. The van der Waals surface area contributed by atoms with Gasteiger partial charge in [-0.2, -0.15) is 0 Å². The van der Waals surface area contributed by atoms with Gasteiger partial charge in [-0.25, -0.2) is 13.2 Å². The molecule has 1 rings (SSSR count). The number of hydrogen-bond acceptors (Lipinski definition) is 2. The molecule has 0 saturated heterocycles. The van der Waals surface area contributed by atoms with Crippen LogP contribution in [0.2, 0.25) is 0 Å². The van der Waals surface area contributed by atoms with Crippen LogP contribution in [0, 0.1) is 23.4 Å². The first-order valence-corrected chi connectivity index (χ1v) is 5.59. The summed E-state index contributed by atoms with van der Waals surface area (Å²) in [6.45, 7) is 2.65. The van der Waals surface area contributed by atoms with Gasteiger partial charge in [0.25, 0.3) is 5.91 Å². The molecule has 0 bridgehead atoms. The number of benzene rings is 1. The van der Waals surface area contributed by atoms with Gasteiger partial charge in [0.05, 0.1) is 5.56 Å². The maximum Gasteiger partial charge on any atom is 0.254 e. The van der Waals surface area contributed by atoms with Gasteiger partial charge in [-0.05, 0) is 31.0 Å². The van der Waals surface area contributed by atoms with Crippen molar-refractivity contribution in [3.8, 4) is 0 Å². The van der Waals surface area contributed by atoms with Crippen molar-refractivity contribution in [3.63, 3.8) is 0 Å². The van der Waals surface area contributed by atoms with E-state index >= 15 is 0 Å². The highest BCUT2D eigenvalue weighted by Crippen LogP contribution is 2.15. The monoisotopic (exact) mass is 260 g/mol. The summed E-state index contributed by atoms with van der Waals surface area (Å²) in [5.74, 6) is -5.07. The molecule has 1 amide bonds. The van der Waals surface area contributed by atoms with Gasteiger partial charge in [0.15, 0.2) is 17.5 Å². The minimum atomic E-state index is -1.64. The van der Waals surface area contributed by atoms with E-state index in [0.717, 1.165) is 12.1 Å². The Morgan fingerprint density at radius 2 is 2.00 bits per heavy atom. The average Bonchev–Trinajstić information content (AvgIpc) is 2.34. The molecule has 0 radical (unpaired) electrons. The van der Waals surface area contributed by atoms with Gasteiger partial charge in [0.1, 0.15) is 0 Å². The summed E-state index contributed by atoms with van der Waals surface area (Å²) in [5, 5.41) is 2.45. The van der Waals surface area contributed by atoms with Gasteiger partial charge < -0.3 is 11.1 Å². The van der Waals surface area contributed by atoms with Crippen LogP contribution < -0.4 is 11.1 Å². The molecule has 0 saturated carbocycles. The number of carbonyl (C=O) groups excluding carboxylic acids is 1. The van der Waals surface area contributed by atoms with Gasteiger partial charge in [-0.1, -0.05) is 6.92 Å². The minimum Gasteiger partial charge on any atom is -0.352 e. The Bertz CT molecular complexity index is 438. The molecule has 1 aromatic rings. The Labute approximate surface area is 103 Å². The maximum atomic E-state index is 13.3. The van der Waals surface area contributed by atoms with Crippen molar-refractivity contribution in [1.82, 2.24) is 5.32 Å². The smallest absolute Gasteiger partial charge is 0.254 e. The highest BCUT2D eigenvalue weighted by Gasteiger charge is 2.18. The van der Waals surface area contributed by atoms with E-state index in [4.69, 9.17) is 5.73 Å². The summed E-state index contributed by atoms with van der Waals surface area (Å²) in [6.07, 6.45) is 0.709. The van der Waals surface area contributed by atoms with E-state index in [1.54, 1.807) is 0 Å². The fourth-order valence-electron chi connectivity index (χ4n) is 1.45. The van der Waals surface area contributed by atoms with Crippen LogP contribution in [-0.2, 0) is 0 Å². The van der Waals surface area contributed by atoms with E-state index in [-0.39, 0.29) is 5.92 Å². The topological polar surface area (TPSA) is 55.1 Å². The molecule has 1 atom stereocenters. The number of rotatable bonds is 5. The Kier molecular flexibility index (Phi) is 5.15. The van der Waals surface area contributed by atoms with Gasteiger partial charge in [-0.3, -0.25) is 4.79 Å². The molecule has 1 aromatic carbocycles. The van der Waals surface area contributed by atoms with Crippen LogP contribution in [0.4, 0.5) is 13.2 Å². The number of hydrogen-bond donors (Lipinski definition) is 2. The lowest BCUT2D eigenvalue weighted by atomic mass is 10.1. The zero-order chi connectivity index (χ0) is 13.7. The Morgan fingerprint density at radius 1 is 1.33 bits per heavy atom. The summed E-state index contributed by atoms with van der Waals surface area (Å²) in [5.41, 5.74) is 4.84. The molecule has 6 heteroatoms. The largest absolute Gasteiger partial charge is 0.352 e. The standard InChI is InChI=1S/C12H15F3N2O/c1-7(4-5-16)6-17-12(18)8-2-3-9(13)11(15)10(8)14/h2-3,7H,4-6,16H2,1H3,(H,17,18). The van der Waals surface area contributed by atoms with Gasteiger partial charge in [0, 0.05) is 6.54 Å². The zero-order valence-corrected chi connectivity index (χ0v) is 9.97. The molecule has 3 N–H and O–H groups in total. The van der Waals surface area contributed by atoms with E-state index in [2.05, 4.69) is 5.32 Å². The SMILES string of the molecule is CC(CCN)CNC(=O)c1ccc(F)c(F)c1F. The molecule has 18 heavy (non-hydrogen) atoms. The first-order chi connectivity index (χ1) is 8.47. The van der Waals surface area contributed by atoms with Crippen LogP contribution >= 0.6 is 0 Å². The first kappa shape index (κ1) is 14.5. The highest BCUT2D eigenvalue weighted by atomic mass is 19.2. The second kappa shape index (κ2) is 6.39. The lowest BCUT2D eigenvalue weighted by Gasteiger charge is -2.11. The Balaban J connectivity index is 2.71. The molecule has 0 heterocycles. The molecular formula is C12H15F3N2O. The third-order valence-corrected chi connectivity index (χ3v) is 2.55. The maximum absolute atomic E-state index is 13.3. The summed E-state index contributed by atoms with van der Waals surface area (Å²) in [7, 11) is 0. The van der Waals surface area contributed by atoms with Crippen molar-refractivity contribution < 1.29 is 18.0 Å². The van der Waals surface area contributed by atoms with Crippen molar-refractivity contribution in [3.05, 3.63) is 35.1 Å². The molecular weight excluding hydrogens is 245 g/mol.